The Morgan fingerprint density at radius 1 is 1.25 bits per heavy atom. The van der Waals surface area contributed by atoms with Gasteiger partial charge in [-0.25, -0.2) is 9.07 Å². The van der Waals surface area contributed by atoms with E-state index in [0.29, 0.717) is 19.3 Å². The van der Waals surface area contributed by atoms with Gasteiger partial charge in [-0.15, -0.1) is 0 Å². The van der Waals surface area contributed by atoms with Gasteiger partial charge in [0.15, 0.2) is 0 Å². The normalized spacial score (nSPS) is 16.6. The van der Waals surface area contributed by atoms with Crippen LogP contribution in [0.3, 0.4) is 0 Å². The van der Waals surface area contributed by atoms with Gasteiger partial charge in [0.25, 0.3) is 0 Å². The summed E-state index contributed by atoms with van der Waals surface area (Å²) >= 11 is 0. The molecule has 0 spiro atoms. The molecule has 2 heterocycles. The van der Waals surface area contributed by atoms with Gasteiger partial charge in [-0.3, -0.25) is 4.90 Å². The number of nitrogens with zero attached hydrogens (tertiary/aromatic N) is 3. The molecule has 0 atom stereocenters. The maximum Gasteiger partial charge on any atom is 0.125 e. The van der Waals surface area contributed by atoms with Crippen LogP contribution in [-0.4, -0.2) is 54.2 Å². The summed E-state index contributed by atoms with van der Waals surface area (Å²) in [5, 5.41) is 4.34. The summed E-state index contributed by atoms with van der Waals surface area (Å²) in [7, 11) is 1.69. The Labute approximate surface area is 142 Å². The Morgan fingerprint density at radius 3 is 2.83 bits per heavy atom. The second-order valence-electron chi connectivity index (χ2n) is 6.11. The minimum absolute atomic E-state index is 0.250. The molecule has 0 unspecified atom stereocenters. The van der Waals surface area contributed by atoms with Gasteiger partial charge in [-0.05, 0) is 31.0 Å². The van der Waals surface area contributed by atoms with Crippen molar-refractivity contribution in [3.63, 3.8) is 0 Å². The van der Waals surface area contributed by atoms with Crippen molar-refractivity contribution in [2.75, 3.05) is 33.4 Å². The van der Waals surface area contributed by atoms with Crippen molar-refractivity contribution in [1.82, 2.24) is 14.7 Å². The standard InChI is InChI=1S/C18H24FN3O2/c1-23-9-10-24-18-5-7-21(8-6-18)13-15-12-20-22(14-15)17-4-2-3-16(19)11-17/h2-4,11-12,14,18H,5-10,13H2,1H3. The lowest BCUT2D eigenvalue weighted by molar-refractivity contribution is -0.0158. The maximum absolute atomic E-state index is 13.3. The van der Waals surface area contributed by atoms with Crippen molar-refractivity contribution in [3.8, 4) is 5.69 Å². The quantitative estimate of drug-likeness (QED) is 0.730. The van der Waals surface area contributed by atoms with Gasteiger partial charge in [-0.2, -0.15) is 5.10 Å². The van der Waals surface area contributed by atoms with E-state index in [9.17, 15) is 4.39 Å². The van der Waals surface area contributed by atoms with Gasteiger partial charge in [-0.1, -0.05) is 6.07 Å². The molecule has 5 nitrogen and oxygen atoms in total. The van der Waals surface area contributed by atoms with E-state index in [0.717, 1.165) is 43.7 Å². The van der Waals surface area contributed by atoms with Crippen LogP contribution in [0.4, 0.5) is 4.39 Å². The first-order chi connectivity index (χ1) is 11.7. The molecule has 1 fully saturated rings. The highest BCUT2D eigenvalue weighted by atomic mass is 19.1. The molecule has 0 amide bonds. The molecule has 0 radical (unpaired) electrons. The number of hydrogen-bond donors (Lipinski definition) is 0. The van der Waals surface area contributed by atoms with Crippen molar-refractivity contribution >= 4 is 0 Å². The molecule has 2 aromatic rings. The summed E-state index contributed by atoms with van der Waals surface area (Å²) < 4.78 is 25.8. The molecule has 1 aliphatic heterocycles. The minimum Gasteiger partial charge on any atom is -0.382 e. The van der Waals surface area contributed by atoms with Crippen LogP contribution in [0.15, 0.2) is 36.7 Å². The lowest BCUT2D eigenvalue weighted by Gasteiger charge is -2.31. The highest BCUT2D eigenvalue weighted by Crippen LogP contribution is 2.17. The molecule has 3 rings (SSSR count). The first-order valence-corrected chi connectivity index (χ1v) is 8.37. The summed E-state index contributed by atoms with van der Waals surface area (Å²) in [5.41, 5.74) is 1.88. The Kier molecular flexibility index (Phi) is 5.96. The molecule has 0 saturated carbocycles. The van der Waals surface area contributed by atoms with Crippen LogP contribution in [0.1, 0.15) is 18.4 Å². The van der Waals surface area contributed by atoms with Crippen molar-refractivity contribution < 1.29 is 13.9 Å². The molecular formula is C18H24FN3O2. The first kappa shape index (κ1) is 17.1. The first-order valence-electron chi connectivity index (χ1n) is 8.37. The van der Waals surface area contributed by atoms with Crippen LogP contribution in [0, 0.1) is 5.82 Å². The molecule has 130 valence electrons. The maximum atomic E-state index is 13.3. The molecule has 1 aromatic heterocycles. The van der Waals surface area contributed by atoms with Crippen molar-refractivity contribution in [3.05, 3.63) is 48.0 Å². The second kappa shape index (κ2) is 8.37. The monoisotopic (exact) mass is 333 g/mol. The summed E-state index contributed by atoms with van der Waals surface area (Å²) in [6, 6.07) is 6.47. The predicted octanol–water partition coefficient (Wildman–Crippen LogP) is 2.64. The van der Waals surface area contributed by atoms with Crippen LogP contribution in [0.5, 0.6) is 0 Å². The third kappa shape index (κ3) is 4.63. The average Bonchev–Trinajstić information content (AvgIpc) is 3.05. The number of halogens is 1. The SMILES string of the molecule is COCCOC1CCN(Cc2cnn(-c3cccc(F)c3)c2)CC1. The van der Waals surface area contributed by atoms with Crippen molar-refractivity contribution in [2.24, 2.45) is 0 Å². The molecule has 6 heteroatoms. The van der Waals surface area contributed by atoms with Crippen LogP contribution < -0.4 is 0 Å². The molecular weight excluding hydrogens is 309 g/mol. The summed E-state index contributed by atoms with van der Waals surface area (Å²) in [6.45, 7) is 4.22. The van der Waals surface area contributed by atoms with Crippen LogP contribution in [0.25, 0.3) is 5.69 Å². The fourth-order valence-electron chi connectivity index (χ4n) is 2.99. The van der Waals surface area contributed by atoms with E-state index in [2.05, 4.69) is 10.00 Å². The number of ether oxygens (including phenoxy) is 2. The Bertz CT molecular complexity index is 639. The van der Waals surface area contributed by atoms with E-state index in [1.54, 1.807) is 17.9 Å². The van der Waals surface area contributed by atoms with Gasteiger partial charge in [0.1, 0.15) is 5.82 Å². The van der Waals surface area contributed by atoms with Gasteiger partial charge in [0.05, 0.1) is 31.2 Å². The van der Waals surface area contributed by atoms with Crippen LogP contribution >= 0.6 is 0 Å². The van der Waals surface area contributed by atoms with E-state index in [1.807, 2.05) is 18.5 Å². The highest BCUT2D eigenvalue weighted by molar-refractivity contribution is 5.31. The molecule has 0 bridgehead atoms. The molecule has 0 aliphatic carbocycles. The number of aromatic nitrogens is 2. The second-order valence-corrected chi connectivity index (χ2v) is 6.11. The van der Waals surface area contributed by atoms with Gasteiger partial charge < -0.3 is 9.47 Å². The summed E-state index contributed by atoms with van der Waals surface area (Å²) in [5.74, 6) is -0.250. The lowest BCUT2D eigenvalue weighted by Crippen LogP contribution is -2.36. The van der Waals surface area contributed by atoms with Crippen molar-refractivity contribution in [1.29, 1.82) is 0 Å². The zero-order valence-corrected chi connectivity index (χ0v) is 14.0. The zero-order valence-electron chi connectivity index (χ0n) is 14.0. The van der Waals surface area contributed by atoms with E-state index in [4.69, 9.17) is 9.47 Å². The van der Waals surface area contributed by atoms with E-state index >= 15 is 0 Å². The number of hydrogen-bond acceptors (Lipinski definition) is 4. The number of likely N-dealkylation sites (tertiary alicyclic amines) is 1. The van der Waals surface area contributed by atoms with E-state index in [1.165, 1.54) is 12.1 Å². The minimum atomic E-state index is -0.250. The summed E-state index contributed by atoms with van der Waals surface area (Å²) in [6.07, 6.45) is 6.25. The third-order valence-corrected chi connectivity index (χ3v) is 4.29. The van der Waals surface area contributed by atoms with Gasteiger partial charge >= 0.3 is 0 Å². The predicted molar refractivity (Wildman–Crippen MR) is 89.6 cm³/mol. The third-order valence-electron chi connectivity index (χ3n) is 4.29. The van der Waals surface area contributed by atoms with Gasteiger partial charge in [0, 0.05) is 38.5 Å². The zero-order chi connectivity index (χ0) is 16.8. The number of piperidine rings is 1. The van der Waals surface area contributed by atoms with Crippen LogP contribution in [0.2, 0.25) is 0 Å². The van der Waals surface area contributed by atoms with Crippen LogP contribution in [-0.2, 0) is 16.0 Å². The molecule has 24 heavy (non-hydrogen) atoms. The number of rotatable bonds is 7. The largest absolute Gasteiger partial charge is 0.382 e. The Hall–Kier alpha value is -1.76. The Balaban J connectivity index is 1.49. The lowest BCUT2D eigenvalue weighted by atomic mass is 10.1. The summed E-state index contributed by atoms with van der Waals surface area (Å²) in [4.78, 5) is 2.41. The van der Waals surface area contributed by atoms with E-state index in [-0.39, 0.29) is 5.82 Å². The molecule has 1 aromatic carbocycles. The smallest absolute Gasteiger partial charge is 0.125 e. The Morgan fingerprint density at radius 2 is 2.08 bits per heavy atom. The van der Waals surface area contributed by atoms with E-state index < -0.39 is 0 Å². The van der Waals surface area contributed by atoms with Crippen molar-refractivity contribution in [2.45, 2.75) is 25.5 Å². The number of methoxy groups -OCH3 is 1. The molecule has 1 saturated heterocycles. The number of benzene rings is 1. The fourth-order valence-corrected chi connectivity index (χ4v) is 2.99. The average molecular weight is 333 g/mol. The fraction of sp³-hybridized carbons (Fsp3) is 0.500. The van der Waals surface area contributed by atoms with Gasteiger partial charge in [0.2, 0.25) is 0 Å². The highest BCUT2D eigenvalue weighted by Gasteiger charge is 2.20. The molecule has 0 N–H and O–H groups in total. The topological polar surface area (TPSA) is 39.5 Å². The molecule has 1 aliphatic rings.